The highest BCUT2D eigenvalue weighted by Gasteiger charge is 2.04. The molecule has 0 aliphatic rings. The van der Waals surface area contributed by atoms with Crippen molar-refractivity contribution in [2.24, 2.45) is 5.73 Å². The fourth-order valence-electron chi connectivity index (χ4n) is 1.41. The normalized spacial score (nSPS) is 9.16. The minimum absolute atomic E-state index is 0.117. The lowest BCUT2D eigenvalue weighted by Gasteiger charge is -2.06. The lowest BCUT2D eigenvalue weighted by atomic mass is 10.1. The zero-order valence-electron chi connectivity index (χ0n) is 10.8. The molecule has 0 radical (unpaired) electrons. The number of carbonyl (C=O) groups is 2. The first-order valence-electron chi connectivity index (χ1n) is 5.95. The van der Waals surface area contributed by atoms with Crippen LogP contribution in [0.4, 0.5) is 0 Å². The summed E-state index contributed by atoms with van der Waals surface area (Å²) in [5.74, 6) is 5.29. The minimum atomic E-state index is -0.193. The topological polar surface area (TPSA) is 84.2 Å². The second-order valence-corrected chi connectivity index (χ2v) is 3.83. The van der Waals surface area contributed by atoms with Crippen molar-refractivity contribution in [1.29, 1.82) is 0 Å². The second kappa shape index (κ2) is 7.90. The van der Waals surface area contributed by atoms with E-state index in [0.717, 1.165) is 5.56 Å². The molecule has 0 saturated carbocycles. The van der Waals surface area contributed by atoms with Crippen LogP contribution in [0.2, 0.25) is 0 Å². The minimum Gasteiger partial charge on any atom is -0.355 e. The third kappa shape index (κ3) is 5.70. The molecule has 0 aromatic heterocycles. The van der Waals surface area contributed by atoms with Gasteiger partial charge in [0, 0.05) is 31.1 Å². The summed E-state index contributed by atoms with van der Waals surface area (Å²) in [5, 5.41) is 5.31. The molecule has 2 amide bonds. The van der Waals surface area contributed by atoms with E-state index in [9.17, 15) is 9.59 Å². The van der Waals surface area contributed by atoms with Gasteiger partial charge in [-0.05, 0) is 18.2 Å². The lowest BCUT2D eigenvalue weighted by molar-refractivity contribution is -0.118. The predicted octanol–water partition coefficient (Wildman–Crippen LogP) is -0.137. The van der Waals surface area contributed by atoms with E-state index in [-0.39, 0.29) is 18.4 Å². The van der Waals surface area contributed by atoms with Gasteiger partial charge in [0.2, 0.25) is 5.91 Å². The quantitative estimate of drug-likeness (QED) is 0.520. The molecule has 0 spiro atoms. The number of hydrogen-bond donors (Lipinski definition) is 3. The largest absolute Gasteiger partial charge is 0.355 e. The Morgan fingerprint density at radius 1 is 1.26 bits per heavy atom. The summed E-state index contributed by atoms with van der Waals surface area (Å²) >= 11 is 0. The molecule has 4 N–H and O–H groups in total. The summed E-state index contributed by atoms with van der Waals surface area (Å²) in [6.45, 7) is 2.51. The molecule has 5 heteroatoms. The molecule has 0 saturated heterocycles. The smallest absolute Gasteiger partial charge is 0.251 e. The molecule has 100 valence electrons. The van der Waals surface area contributed by atoms with Gasteiger partial charge in [0.1, 0.15) is 0 Å². The van der Waals surface area contributed by atoms with Crippen molar-refractivity contribution in [2.45, 2.75) is 6.92 Å². The van der Waals surface area contributed by atoms with Crippen LogP contribution in [0.3, 0.4) is 0 Å². The van der Waals surface area contributed by atoms with Crippen molar-refractivity contribution >= 4 is 11.8 Å². The summed E-state index contributed by atoms with van der Waals surface area (Å²) in [4.78, 5) is 22.5. The predicted molar refractivity (Wildman–Crippen MR) is 73.4 cm³/mol. The van der Waals surface area contributed by atoms with E-state index in [1.165, 1.54) is 6.92 Å². The second-order valence-electron chi connectivity index (χ2n) is 3.83. The van der Waals surface area contributed by atoms with E-state index in [4.69, 9.17) is 5.73 Å². The van der Waals surface area contributed by atoms with Crippen molar-refractivity contribution in [1.82, 2.24) is 10.6 Å². The van der Waals surface area contributed by atoms with Crippen LogP contribution in [0, 0.1) is 11.8 Å². The third-order valence-corrected chi connectivity index (χ3v) is 2.24. The first-order chi connectivity index (χ1) is 9.13. The number of amides is 2. The molecule has 1 aromatic carbocycles. The van der Waals surface area contributed by atoms with E-state index < -0.39 is 0 Å². The first-order valence-corrected chi connectivity index (χ1v) is 5.95. The summed E-state index contributed by atoms with van der Waals surface area (Å²) in [5.41, 5.74) is 6.58. The average Bonchev–Trinajstić information content (AvgIpc) is 2.41. The van der Waals surface area contributed by atoms with Gasteiger partial charge in [-0.3, -0.25) is 9.59 Å². The molecule has 0 aliphatic carbocycles. The standard InChI is InChI=1S/C14H17N3O2/c1-11(18)16-8-9-17-14(19)13-6-2-4-12(10-13)5-3-7-15/h2,4,6,10H,7-9,15H2,1H3,(H,16,18)(H,17,19). The molecule has 19 heavy (non-hydrogen) atoms. The zero-order chi connectivity index (χ0) is 14.1. The van der Waals surface area contributed by atoms with Crippen molar-refractivity contribution < 1.29 is 9.59 Å². The van der Waals surface area contributed by atoms with Crippen LogP contribution in [0.5, 0.6) is 0 Å². The summed E-state index contributed by atoms with van der Waals surface area (Å²) in [6, 6.07) is 7.00. The Morgan fingerprint density at radius 3 is 2.68 bits per heavy atom. The highest BCUT2D eigenvalue weighted by Crippen LogP contribution is 2.03. The van der Waals surface area contributed by atoms with Gasteiger partial charge < -0.3 is 16.4 Å². The number of nitrogens with two attached hydrogens (primary N) is 1. The van der Waals surface area contributed by atoms with Crippen molar-refractivity contribution in [3.8, 4) is 11.8 Å². The van der Waals surface area contributed by atoms with Crippen molar-refractivity contribution in [2.75, 3.05) is 19.6 Å². The molecule has 0 aliphatic heterocycles. The summed E-state index contributed by atoms with van der Waals surface area (Å²) in [6.07, 6.45) is 0. The van der Waals surface area contributed by atoms with Crippen LogP contribution >= 0.6 is 0 Å². The van der Waals surface area contributed by atoms with Crippen molar-refractivity contribution in [3.63, 3.8) is 0 Å². The Hall–Kier alpha value is -2.32. The molecule has 0 heterocycles. The van der Waals surface area contributed by atoms with Gasteiger partial charge in [0.05, 0.1) is 6.54 Å². The molecule has 0 bridgehead atoms. The fourth-order valence-corrected chi connectivity index (χ4v) is 1.41. The Morgan fingerprint density at radius 2 is 2.00 bits per heavy atom. The Balaban J connectivity index is 2.54. The zero-order valence-corrected chi connectivity index (χ0v) is 10.8. The van der Waals surface area contributed by atoms with Gasteiger partial charge in [0.25, 0.3) is 5.91 Å². The molecule has 0 atom stereocenters. The van der Waals surface area contributed by atoms with E-state index >= 15 is 0 Å². The van der Waals surface area contributed by atoms with Crippen LogP contribution in [-0.2, 0) is 4.79 Å². The number of rotatable bonds is 4. The van der Waals surface area contributed by atoms with E-state index in [0.29, 0.717) is 18.7 Å². The number of benzene rings is 1. The molecular weight excluding hydrogens is 242 g/mol. The van der Waals surface area contributed by atoms with E-state index in [1.807, 2.05) is 6.07 Å². The van der Waals surface area contributed by atoms with Crippen LogP contribution < -0.4 is 16.4 Å². The average molecular weight is 259 g/mol. The monoisotopic (exact) mass is 259 g/mol. The number of nitrogens with one attached hydrogen (secondary N) is 2. The number of hydrogen-bond acceptors (Lipinski definition) is 3. The maximum Gasteiger partial charge on any atom is 0.251 e. The maximum absolute atomic E-state index is 11.8. The fraction of sp³-hybridized carbons (Fsp3) is 0.286. The third-order valence-electron chi connectivity index (χ3n) is 2.24. The molecule has 0 fully saturated rings. The molecular formula is C14H17N3O2. The van der Waals surface area contributed by atoms with E-state index in [2.05, 4.69) is 22.5 Å². The molecule has 5 nitrogen and oxygen atoms in total. The van der Waals surface area contributed by atoms with E-state index in [1.54, 1.807) is 18.2 Å². The SMILES string of the molecule is CC(=O)NCCNC(=O)c1cccc(C#CCN)c1. The molecule has 1 rings (SSSR count). The summed E-state index contributed by atoms with van der Waals surface area (Å²) < 4.78 is 0. The van der Waals surface area contributed by atoms with Gasteiger partial charge in [-0.2, -0.15) is 0 Å². The number of carbonyl (C=O) groups excluding carboxylic acids is 2. The van der Waals surface area contributed by atoms with Crippen LogP contribution in [0.1, 0.15) is 22.8 Å². The Bertz CT molecular complexity index is 515. The lowest BCUT2D eigenvalue weighted by Crippen LogP contribution is -2.33. The maximum atomic E-state index is 11.8. The Kier molecular flexibility index (Phi) is 6.13. The van der Waals surface area contributed by atoms with Crippen LogP contribution in [0.25, 0.3) is 0 Å². The van der Waals surface area contributed by atoms with Crippen LogP contribution in [-0.4, -0.2) is 31.4 Å². The molecule has 0 unspecified atom stereocenters. The van der Waals surface area contributed by atoms with Gasteiger partial charge in [-0.1, -0.05) is 17.9 Å². The van der Waals surface area contributed by atoms with Crippen molar-refractivity contribution in [3.05, 3.63) is 35.4 Å². The van der Waals surface area contributed by atoms with Gasteiger partial charge in [-0.25, -0.2) is 0 Å². The van der Waals surface area contributed by atoms with Gasteiger partial charge >= 0.3 is 0 Å². The Labute approximate surface area is 112 Å². The summed E-state index contributed by atoms with van der Waals surface area (Å²) in [7, 11) is 0. The van der Waals surface area contributed by atoms with Gasteiger partial charge in [-0.15, -0.1) is 0 Å². The first kappa shape index (κ1) is 14.7. The highest BCUT2D eigenvalue weighted by atomic mass is 16.2. The highest BCUT2D eigenvalue weighted by molar-refractivity contribution is 5.94. The molecule has 1 aromatic rings. The van der Waals surface area contributed by atoms with Crippen LogP contribution in [0.15, 0.2) is 24.3 Å². The van der Waals surface area contributed by atoms with Gasteiger partial charge in [0.15, 0.2) is 0 Å².